The first kappa shape index (κ1) is 17.8. The average molecular weight is 368 g/mol. The number of rotatable bonds is 6. The molecule has 3 aromatic rings. The summed E-state index contributed by atoms with van der Waals surface area (Å²) in [6.07, 6.45) is 4.17. The Balaban J connectivity index is 1.70. The highest BCUT2D eigenvalue weighted by molar-refractivity contribution is 5.27. The first-order valence-corrected chi connectivity index (χ1v) is 9.26. The van der Waals surface area contributed by atoms with Gasteiger partial charge in [0.2, 0.25) is 0 Å². The van der Waals surface area contributed by atoms with Crippen LogP contribution < -0.4 is 0 Å². The summed E-state index contributed by atoms with van der Waals surface area (Å²) >= 11 is 0. The minimum atomic E-state index is -0.512. The highest BCUT2D eigenvalue weighted by Crippen LogP contribution is 2.41. The predicted molar refractivity (Wildman–Crippen MR) is 98.4 cm³/mol. The van der Waals surface area contributed by atoms with Gasteiger partial charge in [0.1, 0.15) is 23.3 Å². The molecule has 0 unspecified atom stereocenters. The third kappa shape index (κ3) is 3.36. The molecule has 0 N–H and O–H groups in total. The second-order valence-corrected chi connectivity index (χ2v) is 7.60. The molecule has 4 rings (SSSR count). The van der Waals surface area contributed by atoms with Gasteiger partial charge >= 0.3 is 0 Å². The Hall–Kier alpha value is -2.63. The van der Waals surface area contributed by atoms with Crippen molar-refractivity contribution in [1.29, 1.82) is 0 Å². The van der Waals surface area contributed by atoms with Gasteiger partial charge in [-0.05, 0) is 57.4 Å². The van der Waals surface area contributed by atoms with E-state index in [4.69, 9.17) is 0 Å². The molecule has 1 fully saturated rings. The minimum Gasteiger partial charge on any atom is -0.314 e. The van der Waals surface area contributed by atoms with Crippen molar-refractivity contribution in [3.05, 3.63) is 77.1 Å². The average Bonchev–Trinajstić information content (AvgIpc) is 3.41. The molecule has 1 aliphatic rings. The summed E-state index contributed by atoms with van der Waals surface area (Å²) in [5, 5.41) is 8.89. The molecule has 0 atom stereocenters. The van der Waals surface area contributed by atoms with Gasteiger partial charge in [-0.2, -0.15) is 0 Å². The molecule has 2 aromatic heterocycles. The third-order valence-corrected chi connectivity index (χ3v) is 5.23. The van der Waals surface area contributed by atoms with Gasteiger partial charge in [0.05, 0.1) is 11.1 Å². The lowest BCUT2D eigenvalue weighted by molar-refractivity contribution is 0.494. The fourth-order valence-electron chi connectivity index (χ4n) is 3.48. The number of benzene rings is 1. The highest BCUT2D eigenvalue weighted by atomic mass is 19.1. The van der Waals surface area contributed by atoms with E-state index >= 15 is 0 Å². The Kier molecular flexibility index (Phi) is 4.50. The molecule has 0 bridgehead atoms. The largest absolute Gasteiger partial charge is 0.314 e. The van der Waals surface area contributed by atoms with Crippen LogP contribution in [0, 0.1) is 11.6 Å². The molecule has 1 saturated carbocycles. The molecule has 1 aliphatic carbocycles. The van der Waals surface area contributed by atoms with Crippen LogP contribution in [0.3, 0.4) is 0 Å². The summed E-state index contributed by atoms with van der Waals surface area (Å²) in [7, 11) is 0. The lowest BCUT2D eigenvalue weighted by Gasteiger charge is -2.24. The molecule has 140 valence electrons. The summed E-state index contributed by atoms with van der Waals surface area (Å²) in [5.41, 5.74) is 0.530. The van der Waals surface area contributed by atoms with Crippen LogP contribution in [0.4, 0.5) is 8.78 Å². The van der Waals surface area contributed by atoms with Crippen LogP contribution in [0.15, 0.2) is 42.6 Å². The zero-order valence-electron chi connectivity index (χ0n) is 15.5. The number of pyridine rings is 1. The van der Waals surface area contributed by atoms with E-state index in [9.17, 15) is 8.78 Å². The maximum atomic E-state index is 14.1. The fraction of sp³-hybridized carbons (Fsp3) is 0.381. The van der Waals surface area contributed by atoms with Crippen molar-refractivity contribution < 1.29 is 8.78 Å². The molecule has 4 nitrogen and oxygen atoms in total. The summed E-state index contributed by atoms with van der Waals surface area (Å²) in [6.45, 7) is 4.54. The van der Waals surface area contributed by atoms with Crippen molar-refractivity contribution in [1.82, 2.24) is 19.7 Å². The lowest BCUT2D eigenvalue weighted by Crippen LogP contribution is -2.27. The molecule has 0 aliphatic heterocycles. The van der Waals surface area contributed by atoms with Crippen LogP contribution in [-0.2, 0) is 18.4 Å². The van der Waals surface area contributed by atoms with Crippen LogP contribution in [-0.4, -0.2) is 19.7 Å². The first-order chi connectivity index (χ1) is 13.0. The second kappa shape index (κ2) is 6.83. The second-order valence-electron chi connectivity index (χ2n) is 7.60. The SMILES string of the molecule is CC(C)(c1ccccn1)c1nnc(C2CC2)n1CCc1c(F)cccc1F. The Morgan fingerprint density at radius 1 is 1.04 bits per heavy atom. The van der Waals surface area contributed by atoms with Gasteiger partial charge in [-0.15, -0.1) is 10.2 Å². The number of hydrogen-bond donors (Lipinski definition) is 0. The van der Waals surface area contributed by atoms with Crippen molar-refractivity contribution >= 4 is 0 Å². The minimum absolute atomic E-state index is 0.106. The highest BCUT2D eigenvalue weighted by Gasteiger charge is 2.36. The maximum absolute atomic E-state index is 14.1. The summed E-state index contributed by atoms with van der Waals surface area (Å²) in [4.78, 5) is 4.48. The monoisotopic (exact) mass is 368 g/mol. The van der Waals surface area contributed by atoms with Crippen LogP contribution in [0.5, 0.6) is 0 Å². The van der Waals surface area contributed by atoms with E-state index in [0.29, 0.717) is 12.5 Å². The zero-order valence-corrected chi connectivity index (χ0v) is 15.5. The molecule has 0 amide bonds. The molecule has 27 heavy (non-hydrogen) atoms. The quantitative estimate of drug-likeness (QED) is 0.648. The number of aromatic nitrogens is 4. The lowest BCUT2D eigenvalue weighted by atomic mass is 9.87. The fourth-order valence-corrected chi connectivity index (χ4v) is 3.48. The van der Waals surface area contributed by atoms with E-state index in [1.54, 1.807) is 6.20 Å². The maximum Gasteiger partial charge on any atom is 0.144 e. The molecule has 0 radical (unpaired) electrons. The van der Waals surface area contributed by atoms with Gasteiger partial charge in [0.25, 0.3) is 0 Å². The molecule has 2 heterocycles. The molecular weight excluding hydrogens is 346 g/mol. The van der Waals surface area contributed by atoms with Crippen LogP contribution in [0.25, 0.3) is 0 Å². The van der Waals surface area contributed by atoms with E-state index < -0.39 is 17.0 Å². The topological polar surface area (TPSA) is 43.6 Å². The van der Waals surface area contributed by atoms with Gasteiger partial charge in [-0.1, -0.05) is 12.1 Å². The Morgan fingerprint density at radius 2 is 1.78 bits per heavy atom. The Morgan fingerprint density at radius 3 is 2.41 bits per heavy atom. The predicted octanol–water partition coefficient (Wildman–Crippen LogP) is 4.40. The summed E-state index contributed by atoms with van der Waals surface area (Å²) in [5.74, 6) is 1.05. The Labute approximate surface area is 157 Å². The normalized spacial score (nSPS) is 14.5. The number of hydrogen-bond acceptors (Lipinski definition) is 3. The van der Waals surface area contributed by atoms with E-state index in [1.807, 2.05) is 22.8 Å². The van der Waals surface area contributed by atoms with E-state index in [2.05, 4.69) is 29.0 Å². The zero-order chi connectivity index (χ0) is 19.0. The van der Waals surface area contributed by atoms with Gasteiger partial charge in [-0.25, -0.2) is 8.78 Å². The number of nitrogens with zero attached hydrogens (tertiary/aromatic N) is 4. The van der Waals surface area contributed by atoms with E-state index in [0.717, 1.165) is 30.2 Å². The Bertz CT molecular complexity index is 926. The van der Waals surface area contributed by atoms with E-state index in [-0.39, 0.29) is 12.0 Å². The number of halogens is 2. The van der Waals surface area contributed by atoms with Crippen molar-refractivity contribution in [2.75, 3.05) is 0 Å². The van der Waals surface area contributed by atoms with Crippen LogP contribution >= 0.6 is 0 Å². The molecule has 0 saturated heterocycles. The summed E-state index contributed by atoms with van der Waals surface area (Å²) in [6, 6.07) is 9.77. The standard InChI is InChI=1S/C21H22F2N4/c1-21(2,18-8-3-4-12-24-18)20-26-25-19(14-9-10-14)27(20)13-11-15-16(22)6-5-7-17(15)23/h3-8,12,14H,9-11,13H2,1-2H3. The first-order valence-electron chi connectivity index (χ1n) is 9.26. The van der Waals surface area contributed by atoms with Crippen molar-refractivity contribution in [3.63, 3.8) is 0 Å². The van der Waals surface area contributed by atoms with Gasteiger partial charge in [0.15, 0.2) is 0 Å². The van der Waals surface area contributed by atoms with Gasteiger partial charge in [0, 0.05) is 24.2 Å². The van der Waals surface area contributed by atoms with Crippen molar-refractivity contribution in [2.24, 2.45) is 0 Å². The van der Waals surface area contributed by atoms with Crippen LogP contribution in [0.1, 0.15) is 55.5 Å². The van der Waals surface area contributed by atoms with Gasteiger partial charge < -0.3 is 4.57 Å². The summed E-state index contributed by atoms with van der Waals surface area (Å²) < 4.78 is 30.2. The van der Waals surface area contributed by atoms with Crippen LogP contribution in [0.2, 0.25) is 0 Å². The van der Waals surface area contributed by atoms with Crippen molar-refractivity contribution in [2.45, 2.75) is 51.0 Å². The smallest absolute Gasteiger partial charge is 0.144 e. The van der Waals surface area contributed by atoms with Crippen molar-refractivity contribution in [3.8, 4) is 0 Å². The van der Waals surface area contributed by atoms with Gasteiger partial charge in [-0.3, -0.25) is 4.98 Å². The molecular formula is C21H22F2N4. The van der Waals surface area contributed by atoms with E-state index in [1.165, 1.54) is 18.2 Å². The molecule has 1 aromatic carbocycles. The third-order valence-electron chi connectivity index (χ3n) is 5.23. The molecule has 6 heteroatoms. The molecule has 0 spiro atoms.